The second-order valence-electron chi connectivity index (χ2n) is 8.60. The Kier molecular flexibility index (Phi) is 5.36. The predicted molar refractivity (Wildman–Crippen MR) is 115 cm³/mol. The van der Waals surface area contributed by atoms with Crippen molar-refractivity contribution >= 4 is 22.4 Å². The first-order chi connectivity index (χ1) is 15.4. The summed E-state index contributed by atoms with van der Waals surface area (Å²) in [7, 11) is 0. The van der Waals surface area contributed by atoms with E-state index in [0.29, 0.717) is 28.9 Å². The number of hydrogen-bond donors (Lipinski definition) is 1. The number of anilines is 2. The molecule has 3 atom stereocenters. The van der Waals surface area contributed by atoms with Gasteiger partial charge in [0.1, 0.15) is 5.82 Å². The largest absolute Gasteiger partial charge is 0.381 e. The monoisotopic (exact) mass is 443 g/mol. The summed E-state index contributed by atoms with van der Waals surface area (Å²) in [5.41, 5.74) is 1.91. The van der Waals surface area contributed by atoms with Gasteiger partial charge in [0, 0.05) is 35.9 Å². The number of benzene rings is 1. The smallest absolute Gasteiger partial charge is 0.266 e. The lowest BCUT2D eigenvalue weighted by atomic mass is 10.0. The van der Waals surface area contributed by atoms with Crippen LogP contribution in [0.5, 0.6) is 0 Å². The fourth-order valence-electron chi connectivity index (χ4n) is 4.68. The molecule has 168 valence electrons. The van der Waals surface area contributed by atoms with E-state index in [1.807, 2.05) is 19.2 Å². The fourth-order valence-corrected chi connectivity index (χ4v) is 4.68. The summed E-state index contributed by atoms with van der Waals surface area (Å²) < 4.78 is 46.5. The molecule has 9 heteroatoms. The Hall–Kier alpha value is -2.94. The zero-order valence-corrected chi connectivity index (χ0v) is 17.9. The number of nitrogens with one attached hydrogen (secondary N) is 1. The number of rotatable bonds is 5. The number of aryl methyl sites for hydroxylation is 1. The van der Waals surface area contributed by atoms with Crippen LogP contribution in [0.25, 0.3) is 10.9 Å². The lowest BCUT2D eigenvalue weighted by molar-refractivity contribution is 0.146. The van der Waals surface area contributed by atoms with E-state index in [9.17, 15) is 13.2 Å². The van der Waals surface area contributed by atoms with Crippen molar-refractivity contribution in [2.75, 3.05) is 36.5 Å². The third-order valence-corrected chi connectivity index (χ3v) is 6.49. The number of nitrogens with zero attached hydrogens (tertiary/aromatic N) is 4. The molecule has 4 heterocycles. The van der Waals surface area contributed by atoms with Gasteiger partial charge in [-0.3, -0.25) is 4.98 Å². The highest BCUT2D eigenvalue weighted by Gasteiger charge is 2.37. The van der Waals surface area contributed by atoms with Crippen molar-refractivity contribution in [1.29, 1.82) is 0 Å². The molecule has 1 N–H and O–H groups in total. The minimum atomic E-state index is -2.88. The molecule has 32 heavy (non-hydrogen) atoms. The summed E-state index contributed by atoms with van der Waals surface area (Å²) in [6, 6.07) is 5.46. The topological polar surface area (TPSA) is 63.2 Å². The van der Waals surface area contributed by atoms with Gasteiger partial charge < -0.3 is 15.0 Å². The first-order valence-corrected chi connectivity index (χ1v) is 10.7. The van der Waals surface area contributed by atoms with Crippen LogP contribution in [0.3, 0.4) is 0 Å². The number of hydrogen-bond acceptors (Lipinski definition) is 6. The number of ether oxygens (including phenoxy) is 1. The van der Waals surface area contributed by atoms with Gasteiger partial charge in [-0.2, -0.15) is 5.10 Å². The summed E-state index contributed by atoms with van der Waals surface area (Å²) in [4.78, 5) is 6.93. The molecule has 5 rings (SSSR count). The molecular weight excluding hydrogens is 419 g/mol. The SMILES string of the molecule is Cc1nnc(N[C@H](C)c2cccc(C(F)F)c2F)c2cc(N3C[C@H]4COC[C@H]4C3)cnc12. The van der Waals surface area contributed by atoms with Crippen LogP contribution in [-0.4, -0.2) is 41.5 Å². The van der Waals surface area contributed by atoms with Crippen molar-refractivity contribution in [3.8, 4) is 0 Å². The van der Waals surface area contributed by atoms with E-state index in [1.54, 1.807) is 6.92 Å². The van der Waals surface area contributed by atoms with Gasteiger partial charge in [-0.05, 0) is 19.9 Å². The zero-order valence-electron chi connectivity index (χ0n) is 17.9. The van der Waals surface area contributed by atoms with Gasteiger partial charge in [0.2, 0.25) is 0 Å². The molecule has 2 aliphatic heterocycles. The Morgan fingerprint density at radius 3 is 2.56 bits per heavy atom. The zero-order chi connectivity index (χ0) is 22.4. The van der Waals surface area contributed by atoms with Gasteiger partial charge in [0.05, 0.1) is 47.9 Å². The Labute approximate surface area is 183 Å². The third-order valence-electron chi connectivity index (χ3n) is 6.49. The summed E-state index contributed by atoms with van der Waals surface area (Å²) in [5.74, 6) is 0.602. The van der Waals surface area contributed by atoms with Crippen LogP contribution in [0.2, 0.25) is 0 Å². The maximum Gasteiger partial charge on any atom is 0.266 e. The highest BCUT2D eigenvalue weighted by molar-refractivity contribution is 5.92. The number of aromatic nitrogens is 3. The molecule has 6 nitrogen and oxygen atoms in total. The lowest BCUT2D eigenvalue weighted by Gasteiger charge is -2.21. The van der Waals surface area contributed by atoms with E-state index < -0.39 is 23.8 Å². The van der Waals surface area contributed by atoms with E-state index in [-0.39, 0.29) is 5.56 Å². The summed E-state index contributed by atoms with van der Waals surface area (Å²) >= 11 is 0. The number of pyridine rings is 1. The first kappa shape index (κ1) is 20.9. The number of alkyl halides is 2. The normalized spacial score (nSPS) is 21.4. The molecule has 0 spiro atoms. The molecule has 0 amide bonds. The van der Waals surface area contributed by atoms with Crippen LogP contribution in [0.15, 0.2) is 30.5 Å². The lowest BCUT2D eigenvalue weighted by Crippen LogP contribution is -2.22. The molecule has 2 saturated heterocycles. The van der Waals surface area contributed by atoms with Crippen molar-refractivity contribution in [1.82, 2.24) is 15.2 Å². The molecule has 0 radical (unpaired) electrons. The van der Waals surface area contributed by atoms with Gasteiger partial charge in [0.25, 0.3) is 6.43 Å². The van der Waals surface area contributed by atoms with Gasteiger partial charge in [-0.1, -0.05) is 18.2 Å². The summed E-state index contributed by atoms with van der Waals surface area (Å²) in [6.45, 7) is 6.96. The van der Waals surface area contributed by atoms with Crippen LogP contribution in [0.1, 0.15) is 36.2 Å². The van der Waals surface area contributed by atoms with Crippen molar-refractivity contribution in [3.05, 3.63) is 53.1 Å². The average molecular weight is 443 g/mol. The second kappa shape index (κ2) is 8.20. The van der Waals surface area contributed by atoms with Gasteiger partial charge in [-0.25, -0.2) is 13.2 Å². The van der Waals surface area contributed by atoms with E-state index in [4.69, 9.17) is 4.74 Å². The highest BCUT2D eigenvalue weighted by Crippen LogP contribution is 2.35. The van der Waals surface area contributed by atoms with Crippen molar-refractivity contribution in [2.45, 2.75) is 26.3 Å². The molecule has 2 aliphatic rings. The summed E-state index contributed by atoms with van der Waals surface area (Å²) in [6.07, 6.45) is -1.03. The van der Waals surface area contributed by atoms with Gasteiger partial charge in [-0.15, -0.1) is 5.10 Å². The van der Waals surface area contributed by atoms with Crippen LogP contribution in [0, 0.1) is 24.6 Å². The Balaban J connectivity index is 1.47. The van der Waals surface area contributed by atoms with E-state index >= 15 is 0 Å². The van der Waals surface area contributed by atoms with Crippen LogP contribution >= 0.6 is 0 Å². The van der Waals surface area contributed by atoms with Gasteiger partial charge >= 0.3 is 0 Å². The maximum atomic E-state index is 14.7. The minimum absolute atomic E-state index is 0.148. The quantitative estimate of drug-likeness (QED) is 0.619. The molecule has 0 bridgehead atoms. The van der Waals surface area contributed by atoms with Crippen LogP contribution in [-0.2, 0) is 4.74 Å². The molecule has 0 aliphatic carbocycles. The van der Waals surface area contributed by atoms with Crippen molar-refractivity contribution in [2.24, 2.45) is 11.8 Å². The molecule has 2 aromatic heterocycles. The van der Waals surface area contributed by atoms with E-state index in [1.165, 1.54) is 12.1 Å². The molecule has 3 aromatic rings. The molecule has 0 unspecified atom stereocenters. The van der Waals surface area contributed by atoms with E-state index in [2.05, 4.69) is 25.4 Å². The summed E-state index contributed by atoms with van der Waals surface area (Å²) in [5, 5.41) is 12.4. The van der Waals surface area contributed by atoms with Gasteiger partial charge in [0.15, 0.2) is 5.82 Å². The van der Waals surface area contributed by atoms with Crippen LogP contribution < -0.4 is 10.2 Å². The minimum Gasteiger partial charge on any atom is -0.381 e. The van der Waals surface area contributed by atoms with Crippen molar-refractivity contribution < 1.29 is 17.9 Å². The Morgan fingerprint density at radius 1 is 1.12 bits per heavy atom. The van der Waals surface area contributed by atoms with E-state index in [0.717, 1.165) is 43.4 Å². The predicted octanol–water partition coefficient (Wildman–Crippen LogP) is 4.67. The van der Waals surface area contributed by atoms with Crippen molar-refractivity contribution in [3.63, 3.8) is 0 Å². The Morgan fingerprint density at radius 2 is 1.84 bits per heavy atom. The van der Waals surface area contributed by atoms with Crippen LogP contribution in [0.4, 0.5) is 24.7 Å². The second-order valence-corrected chi connectivity index (χ2v) is 8.60. The molecule has 2 fully saturated rings. The number of fused-ring (bicyclic) bond motifs is 2. The Bertz CT molecular complexity index is 1150. The maximum absolute atomic E-state index is 14.7. The number of halogens is 3. The fraction of sp³-hybridized carbons (Fsp3) is 0.435. The molecule has 1 aromatic carbocycles. The molecular formula is C23H24F3N5O. The first-order valence-electron chi connectivity index (χ1n) is 10.7. The third kappa shape index (κ3) is 3.64. The average Bonchev–Trinajstić information content (AvgIpc) is 3.38. The standard InChI is InChI=1S/C23H24F3N5O/c1-12(17-4-3-5-18(20(17)24)22(25)26)28-23-19-6-16(7-27-21(19)13(2)29-30-23)31-8-14-10-32-11-15(14)9-31/h3-7,12,14-15,22H,8-11H2,1-2H3,(H,28,30)/t12-,14-,15+/m1/s1. The highest BCUT2D eigenvalue weighted by atomic mass is 19.3. The molecule has 0 saturated carbocycles.